The zero-order valence-electron chi connectivity index (χ0n) is 78.7. The van der Waals surface area contributed by atoms with Crippen LogP contribution in [0, 0.1) is 34.0 Å². The molecule has 31 rings (SSSR count). The molecule has 3 unspecified atom stereocenters. The summed E-state index contributed by atoms with van der Waals surface area (Å²) in [6.07, 6.45) is 1.67. The average molecular weight is 1900 g/mol. The normalized spacial score (nSPS) is 15.4. The highest BCUT2D eigenvalue weighted by atomic mass is 32.1. The Morgan fingerprint density at radius 1 is 0.262 bits per heavy atom. The van der Waals surface area contributed by atoms with Crippen molar-refractivity contribution in [3.05, 3.63) is 526 Å². The van der Waals surface area contributed by atoms with Crippen LogP contribution in [0.25, 0.3) is 189 Å². The van der Waals surface area contributed by atoms with E-state index in [0.717, 1.165) is 102 Å². The number of aryl methyl sites for hydroxylation is 2. The lowest BCUT2D eigenvalue weighted by Crippen LogP contribution is -2.28. The van der Waals surface area contributed by atoms with Gasteiger partial charge in [0.2, 0.25) is 0 Å². The maximum Gasteiger partial charge on any atom is 0.145 e. The Hall–Kier alpha value is -18.1. The Kier molecular flexibility index (Phi) is 18.6. The number of rotatable bonds is 9. The Bertz CT molecular complexity index is 10200. The number of hydrogen-bond donors (Lipinski definition) is 0. The van der Waals surface area contributed by atoms with Gasteiger partial charge in [0.25, 0.3) is 0 Å². The van der Waals surface area contributed by atoms with Crippen LogP contribution in [0.1, 0.15) is 109 Å². The molecule has 6 aromatic heterocycles. The van der Waals surface area contributed by atoms with Crippen molar-refractivity contribution in [3.63, 3.8) is 0 Å². The molecule has 145 heavy (non-hydrogen) atoms. The first-order valence-corrected chi connectivity index (χ1v) is 51.8. The van der Waals surface area contributed by atoms with Crippen molar-refractivity contribution in [1.82, 2.24) is 28.7 Å². The number of nitriles is 3. The first kappa shape index (κ1) is 83.9. The predicted molar refractivity (Wildman–Crippen MR) is 596 cm³/mol. The minimum atomic E-state index is -0.573. The van der Waals surface area contributed by atoms with Gasteiger partial charge in [-0.25, -0.2) is 15.0 Å². The molecule has 0 radical (unpaired) electrons. The van der Waals surface area contributed by atoms with E-state index in [4.69, 9.17) is 15.0 Å². The second-order valence-electron chi connectivity index (χ2n) is 38.2. The molecule has 676 valence electrons. The van der Waals surface area contributed by atoms with E-state index in [1.165, 1.54) is 184 Å². The maximum atomic E-state index is 10.2. The molecule has 26 aromatic rings. The van der Waals surface area contributed by atoms with Crippen LogP contribution in [-0.2, 0) is 29.1 Å². The van der Waals surface area contributed by atoms with E-state index in [1.807, 2.05) is 59.1 Å². The van der Waals surface area contributed by atoms with Crippen LogP contribution in [-0.4, -0.2) is 28.7 Å². The van der Waals surface area contributed by atoms with Crippen LogP contribution in [0.15, 0.2) is 431 Å². The van der Waals surface area contributed by atoms with Crippen LogP contribution < -0.4 is 0 Å². The van der Waals surface area contributed by atoms with E-state index in [1.54, 1.807) is 11.3 Å². The number of thiophene rings is 3. The summed E-state index contributed by atoms with van der Waals surface area (Å²) in [6, 6.07) is 162. The van der Waals surface area contributed by atoms with Crippen molar-refractivity contribution < 1.29 is 0 Å². The van der Waals surface area contributed by atoms with Gasteiger partial charge in [0.15, 0.2) is 0 Å². The fraction of sp³-hybridized carbons (Fsp3) is 0.0526. The van der Waals surface area contributed by atoms with E-state index in [-0.39, 0.29) is 0 Å². The number of nitrogens with zero attached hydrogens (tertiary/aromatic N) is 9. The molecular weight excluding hydrogens is 1820 g/mol. The second kappa shape index (κ2) is 32.2. The highest BCUT2D eigenvalue weighted by Gasteiger charge is 2.56. The van der Waals surface area contributed by atoms with E-state index in [9.17, 15) is 15.8 Å². The van der Waals surface area contributed by atoms with Crippen molar-refractivity contribution in [3.8, 4) is 113 Å². The summed E-state index contributed by atoms with van der Waals surface area (Å²) < 4.78 is 14.4. The fourth-order valence-electron chi connectivity index (χ4n) is 25.7. The van der Waals surface area contributed by atoms with Gasteiger partial charge in [-0.3, -0.25) is 13.7 Å². The average Bonchev–Trinajstić information content (AvgIpc) is 1.50. The van der Waals surface area contributed by atoms with Crippen LogP contribution >= 0.6 is 34.0 Å². The van der Waals surface area contributed by atoms with Gasteiger partial charge in [0, 0.05) is 85.6 Å². The van der Waals surface area contributed by atoms with Gasteiger partial charge >= 0.3 is 0 Å². The number of aromatic nitrogens is 6. The van der Waals surface area contributed by atoms with Gasteiger partial charge in [0.05, 0.1) is 94.6 Å². The van der Waals surface area contributed by atoms with Crippen molar-refractivity contribution in [2.24, 2.45) is 0 Å². The maximum absolute atomic E-state index is 10.2. The third-order valence-corrected chi connectivity index (χ3v) is 34.9. The molecule has 3 atom stereocenters. The smallest absolute Gasteiger partial charge is 0.145 e. The lowest BCUT2D eigenvalue weighted by atomic mass is 9.67. The molecular formula is C133H81N9S3. The summed E-state index contributed by atoms with van der Waals surface area (Å²) in [5.74, 6) is 3.03. The minimum absolute atomic E-state index is 0.527. The fourth-order valence-corrected chi connectivity index (χ4v) is 29.3. The number of hydrogen-bond acceptors (Lipinski definition) is 9. The van der Waals surface area contributed by atoms with Crippen molar-refractivity contribution in [2.45, 2.75) is 42.9 Å². The Balaban J connectivity index is 0.000000104. The molecule has 0 amide bonds. The predicted octanol–water partition coefficient (Wildman–Crippen LogP) is 33.3. The van der Waals surface area contributed by atoms with Crippen LogP contribution in [0.5, 0.6) is 0 Å². The molecule has 5 aliphatic carbocycles. The minimum Gasteiger partial charge on any atom is -0.296 e. The molecule has 12 heteroatoms. The molecule has 0 saturated heterocycles. The zero-order valence-corrected chi connectivity index (χ0v) is 81.1. The van der Waals surface area contributed by atoms with E-state index in [2.05, 4.69) is 440 Å². The summed E-state index contributed by atoms with van der Waals surface area (Å²) in [7, 11) is 0. The zero-order chi connectivity index (χ0) is 96.2. The summed E-state index contributed by atoms with van der Waals surface area (Å²) in [6.45, 7) is 4.35. The lowest BCUT2D eigenvalue weighted by Gasteiger charge is -2.34. The number of imidazole rings is 3. The van der Waals surface area contributed by atoms with Crippen LogP contribution in [0.4, 0.5) is 0 Å². The summed E-state index contributed by atoms with van der Waals surface area (Å²) in [5.41, 5.74) is 41.2. The largest absolute Gasteiger partial charge is 0.296 e. The highest BCUT2D eigenvalue weighted by molar-refractivity contribution is 7.27. The molecule has 0 N–H and O–H groups in total. The van der Waals surface area contributed by atoms with Crippen molar-refractivity contribution >= 4 is 128 Å². The molecule has 9 nitrogen and oxygen atoms in total. The molecule has 0 saturated carbocycles. The Morgan fingerprint density at radius 2 is 0.697 bits per heavy atom. The van der Waals surface area contributed by atoms with E-state index >= 15 is 0 Å². The topological polar surface area (TPSA) is 125 Å². The molecule has 6 heterocycles. The standard InChI is InChI=1S/C51H29N3S.C41H25N3S.C41H27N3S/c52-30-31-22-24-32(25-23-31)39-29-43-47(48-38-16-6-11-21-46(38)55-49(39)48)37-15-5-8-18-41(37)51(43)40-17-7-4-14-35(40)36-27-26-33(28-42(36)51)50-53-44-19-9-10-20-45(44)54(50)34-12-2-1-3-13-34;1-2-37-43-33-16-8-9-17-34(33)44(37)35-22-32-38(39-28-13-5-10-18-36(28)45-40(35)39)27-12-4-7-15-30(27)41(32)29-14-6-3-11-25(29)26-20-19-24(23-42)21-31(26)41;1-2-37-43-33-16-8-9-17-34(33)44(37)29-21-19-28(20-22-29)41(27-12-4-3-5-13-27)31-15-7-6-14-30(31)39-32(41)23-24-36-40(39)38-26(25-42)11-10-18-35(38)45-36/h1-29H;3-22H,2H2,1H3;3-24H,2H2,1H3. The first-order chi connectivity index (χ1) is 71.7. The van der Waals surface area contributed by atoms with Crippen LogP contribution in [0.3, 0.4) is 0 Å². The van der Waals surface area contributed by atoms with E-state index < -0.39 is 16.2 Å². The molecule has 2 spiro atoms. The van der Waals surface area contributed by atoms with Gasteiger partial charge in [0.1, 0.15) is 17.5 Å². The molecule has 0 aliphatic heterocycles. The number of para-hydroxylation sites is 7. The lowest BCUT2D eigenvalue weighted by molar-refractivity contribution is 0.768. The Labute approximate surface area is 847 Å². The van der Waals surface area contributed by atoms with Crippen molar-refractivity contribution in [2.75, 3.05) is 0 Å². The SMILES string of the molecule is CCc1nc2ccccc2n1-c1cc2c(c3c1sc1ccccc13)-c1ccccc1C21c2ccccc2-c2ccc(C#N)cc21.CCc1nc2ccccc2n1-c1ccc(C2(c3ccccc3)c3ccccc3-c3c2ccc2sc4cccc(C#N)c4c32)cc1.N#Cc1ccc(-c2cc3c(c4c2sc2ccccc24)-c2ccccc2C32c3ccccc3-c3ccc(-c4nc5ccccc5n4-c4ccccc4)cc32)cc1. The third kappa shape index (κ3) is 11.7. The van der Waals surface area contributed by atoms with Crippen molar-refractivity contribution in [1.29, 1.82) is 15.8 Å². The quantitative estimate of drug-likeness (QED) is 0.142. The second-order valence-corrected chi connectivity index (χ2v) is 41.4. The summed E-state index contributed by atoms with van der Waals surface area (Å²) in [5, 5.41) is 37.4. The molecule has 5 aliphatic rings. The molecule has 0 bridgehead atoms. The number of benzene rings is 20. The van der Waals surface area contributed by atoms with Gasteiger partial charge in [-0.15, -0.1) is 34.0 Å². The van der Waals surface area contributed by atoms with E-state index in [0.29, 0.717) is 11.1 Å². The summed E-state index contributed by atoms with van der Waals surface area (Å²) in [4.78, 5) is 15.4. The first-order valence-electron chi connectivity index (χ1n) is 49.4. The number of fused-ring (bicyclic) bond motifs is 38. The highest BCUT2D eigenvalue weighted by Crippen LogP contribution is 2.69. The van der Waals surface area contributed by atoms with Gasteiger partial charge in [-0.1, -0.05) is 311 Å². The summed E-state index contributed by atoms with van der Waals surface area (Å²) >= 11 is 5.50. The third-order valence-electron chi connectivity index (χ3n) is 31.3. The molecule has 0 fully saturated rings. The monoisotopic (exact) mass is 1900 g/mol. The molecule has 20 aromatic carbocycles. The van der Waals surface area contributed by atoms with Gasteiger partial charge in [-0.05, 0) is 267 Å². The Morgan fingerprint density at radius 3 is 1.30 bits per heavy atom. The van der Waals surface area contributed by atoms with Gasteiger partial charge < -0.3 is 0 Å². The van der Waals surface area contributed by atoms with Crippen LogP contribution in [0.2, 0.25) is 0 Å². The van der Waals surface area contributed by atoms with Gasteiger partial charge in [-0.2, -0.15) is 15.8 Å².